The van der Waals surface area contributed by atoms with E-state index in [9.17, 15) is 9.59 Å². The average Bonchev–Trinajstić information content (AvgIpc) is 2.61. The van der Waals surface area contributed by atoms with E-state index in [1.165, 1.54) is 18.4 Å². The fourth-order valence-electron chi connectivity index (χ4n) is 3.09. The second kappa shape index (κ2) is 9.72. The van der Waals surface area contributed by atoms with Crippen molar-refractivity contribution in [1.82, 2.24) is 10.2 Å². The van der Waals surface area contributed by atoms with E-state index in [0.29, 0.717) is 6.54 Å². The lowest BCUT2D eigenvalue weighted by Gasteiger charge is -2.44. The van der Waals surface area contributed by atoms with Gasteiger partial charge in [-0.25, -0.2) is 0 Å². The number of β-lactam (4-membered cyclic amide) rings is 1. The van der Waals surface area contributed by atoms with Gasteiger partial charge in [0, 0.05) is 6.54 Å². The first kappa shape index (κ1) is 18.8. The fourth-order valence-corrected chi connectivity index (χ4v) is 4.04. The lowest BCUT2D eigenvalue weighted by atomic mass is 10.0. The highest BCUT2D eigenvalue weighted by molar-refractivity contribution is 7.99. The molecule has 24 heavy (non-hydrogen) atoms. The summed E-state index contributed by atoms with van der Waals surface area (Å²) in [7, 11) is 0. The van der Waals surface area contributed by atoms with Crippen LogP contribution >= 0.6 is 11.8 Å². The van der Waals surface area contributed by atoms with Crippen molar-refractivity contribution < 1.29 is 9.59 Å². The number of likely N-dealkylation sites (tertiary alicyclic amines) is 1. The molecule has 0 bridgehead atoms. The molecule has 1 aliphatic rings. The Kier molecular flexibility index (Phi) is 7.63. The van der Waals surface area contributed by atoms with E-state index in [-0.39, 0.29) is 29.7 Å². The molecule has 2 atom stereocenters. The number of aryl methyl sites for hydroxylation is 1. The molecule has 0 radical (unpaired) electrons. The number of thioether (sulfide) groups is 1. The molecule has 1 N–H and O–H groups in total. The molecule has 0 spiro atoms. The maximum atomic E-state index is 11.9. The topological polar surface area (TPSA) is 49.4 Å². The highest BCUT2D eigenvalue weighted by atomic mass is 32.2. The first-order valence-electron chi connectivity index (χ1n) is 8.77. The largest absolute Gasteiger partial charge is 0.355 e. The first-order chi connectivity index (χ1) is 11.6. The smallest absolute Gasteiger partial charge is 0.239 e. The lowest BCUT2D eigenvalue weighted by Crippen LogP contribution is -2.60. The van der Waals surface area contributed by atoms with Gasteiger partial charge in [0.15, 0.2) is 0 Å². The number of nitrogens with zero attached hydrogens (tertiary/aromatic N) is 1. The third-order valence-electron chi connectivity index (χ3n) is 4.52. The van der Waals surface area contributed by atoms with Gasteiger partial charge in [-0.1, -0.05) is 50.1 Å². The molecule has 4 nitrogen and oxygen atoms in total. The van der Waals surface area contributed by atoms with E-state index in [1.54, 1.807) is 16.7 Å². The summed E-state index contributed by atoms with van der Waals surface area (Å²) in [6.07, 6.45) is 7.60. The molecule has 5 heteroatoms. The summed E-state index contributed by atoms with van der Waals surface area (Å²) in [6.45, 7) is 2.82. The molecule has 2 rings (SSSR count). The Morgan fingerprint density at radius 2 is 1.88 bits per heavy atom. The number of carbonyl (C=O) groups excluding carboxylic acids is 2. The molecular weight excluding hydrogens is 320 g/mol. The normalized spacial score (nSPS) is 19.9. The molecular formula is C19H28N2O2S. The molecule has 0 aromatic heterocycles. The van der Waals surface area contributed by atoms with Crippen LogP contribution in [0.2, 0.25) is 0 Å². The number of nitrogens with one attached hydrogen (secondary N) is 1. The van der Waals surface area contributed by atoms with Crippen molar-refractivity contribution in [2.24, 2.45) is 5.92 Å². The van der Waals surface area contributed by atoms with Gasteiger partial charge in [-0.3, -0.25) is 9.59 Å². The quantitative estimate of drug-likeness (QED) is 0.522. The molecule has 132 valence electrons. The van der Waals surface area contributed by atoms with Gasteiger partial charge in [0.1, 0.15) is 6.54 Å². The van der Waals surface area contributed by atoms with E-state index in [2.05, 4.69) is 29.6 Å². The third-order valence-corrected chi connectivity index (χ3v) is 5.67. The lowest BCUT2D eigenvalue weighted by molar-refractivity contribution is -0.152. The summed E-state index contributed by atoms with van der Waals surface area (Å²) >= 11 is 1.63. The van der Waals surface area contributed by atoms with Crippen molar-refractivity contribution in [1.29, 1.82) is 0 Å². The van der Waals surface area contributed by atoms with Gasteiger partial charge in [-0.2, -0.15) is 0 Å². The molecule has 1 fully saturated rings. The fraction of sp³-hybridized carbons (Fsp3) is 0.579. The Hall–Kier alpha value is -1.49. The Morgan fingerprint density at radius 3 is 2.58 bits per heavy atom. The van der Waals surface area contributed by atoms with Crippen molar-refractivity contribution >= 4 is 23.6 Å². The van der Waals surface area contributed by atoms with Crippen molar-refractivity contribution in [2.75, 3.05) is 19.3 Å². The molecule has 1 saturated heterocycles. The maximum Gasteiger partial charge on any atom is 0.239 e. The van der Waals surface area contributed by atoms with Crippen LogP contribution in [0.15, 0.2) is 30.3 Å². The summed E-state index contributed by atoms with van der Waals surface area (Å²) in [5.41, 5.74) is 1.39. The Bertz CT molecular complexity index is 535. The molecule has 1 heterocycles. The van der Waals surface area contributed by atoms with Crippen LogP contribution in [-0.2, 0) is 16.0 Å². The van der Waals surface area contributed by atoms with E-state index in [4.69, 9.17) is 0 Å². The number of hydrogen-bond acceptors (Lipinski definition) is 3. The van der Waals surface area contributed by atoms with E-state index < -0.39 is 0 Å². The molecule has 1 aliphatic heterocycles. The second-order valence-electron chi connectivity index (χ2n) is 6.38. The summed E-state index contributed by atoms with van der Waals surface area (Å²) < 4.78 is 0. The number of carbonyl (C=O) groups is 2. The Morgan fingerprint density at radius 1 is 1.17 bits per heavy atom. The van der Waals surface area contributed by atoms with Gasteiger partial charge in [-0.15, -0.1) is 11.8 Å². The number of benzene rings is 1. The summed E-state index contributed by atoms with van der Waals surface area (Å²) in [5.74, 6) is 0.0846. The summed E-state index contributed by atoms with van der Waals surface area (Å²) in [5, 5.41) is 3.08. The minimum Gasteiger partial charge on any atom is -0.355 e. The van der Waals surface area contributed by atoms with Crippen molar-refractivity contribution in [3.63, 3.8) is 0 Å². The van der Waals surface area contributed by atoms with Crippen LogP contribution < -0.4 is 5.32 Å². The summed E-state index contributed by atoms with van der Waals surface area (Å²) in [6, 6.07) is 10.5. The van der Waals surface area contributed by atoms with Gasteiger partial charge in [0.25, 0.3) is 0 Å². The predicted octanol–water partition coefficient (Wildman–Crippen LogP) is 3.07. The number of hydrogen-bond donors (Lipinski definition) is 1. The van der Waals surface area contributed by atoms with Crippen LogP contribution in [0, 0.1) is 5.92 Å². The molecule has 2 unspecified atom stereocenters. The SMILES string of the molecule is CSC1C(C)C(=O)N1CC(=O)NCCCCCCc1ccccc1. The van der Waals surface area contributed by atoms with Crippen LogP contribution in [0.3, 0.4) is 0 Å². The maximum absolute atomic E-state index is 11.9. The van der Waals surface area contributed by atoms with E-state index >= 15 is 0 Å². The zero-order valence-electron chi connectivity index (χ0n) is 14.7. The number of rotatable bonds is 10. The van der Waals surface area contributed by atoms with Crippen LogP contribution in [0.25, 0.3) is 0 Å². The van der Waals surface area contributed by atoms with Gasteiger partial charge >= 0.3 is 0 Å². The molecule has 2 amide bonds. The molecule has 0 saturated carbocycles. The highest BCUT2D eigenvalue weighted by Crippen LogP contribution is 2.32. The predicted molar refractivity (Wildman–Crippen MR) is 99.8 cm³/mol. The van der Waals surface area contributed by atoms with Crippen molar-refractivity contribution in [3.8, 4) is 0 Å². The molecule has 1 aromatic rings. The monoisotopic (exact) mass is 348 g/mol. The van der Waals surface area contributed by atoms with E-state index in [0.717, 1.165) is 19.3 Å². The van der Waals surface area contributed by atoms with Crippen molar-refractivity contribution in [3.05, 3.63) is 35.9 Å². The zero-order valence-corrected chi connectivity index (χ0v) is 15.5. The van der Waals surface area contributed by atoms with Crippen LogP contribution in [0.4, 0.5) is 0 Å². The van der Waals surface area contributed by atoms with E-state index in [1.807, 2.05) is 19.2 Å². The summed E-state index contributed by atoms with van der Waals surface area (Å²) in [4.78, 5) is 25.4. The van der Waals surface area contributed by atoms with Crippen LogP contribution in [-0.4, -0.2) is 41.4 Å². The minimum atomic E-state index is -0.0430. The zero-order chi connectivity index (χ0) is 17.4. The van der Waals surface area contributed by atoms with Crippen LogP contribution in [0.1, 0.15) is 38.2 Å². The van der Waals surface area contributed by atoms with Gasteiger partial charge in [0.05, 0.1) is 11.3 Å². The third kappa shape index (κ3) is 5.26. The Labute approximate surface area is 149 Å². The van der Waals surface area contributed by atoms with Crippen molar-refractivity contribution in [2.45, 2.75) is 44.4 Å². The van der Waals surface area contributed by atoms with Gasteiger partial charge in [0.2, 0.25) is 11.8 Å². The molecule has 1 aromatic carbocycles. The second-order valence-corrected chi connectivity index (χ2v) is 7.34. The molecule has 0 aliphatic carbocycles. The minimum absolute atomic E-state index is 0.0393. The Balaban J connectivity index is 1.50. The highest BCUT2D eigenvalue weighted by Gasteiger charge is 2.44. The number of amides is 2. The van der Waals surface area contributed by atoms with Gasteiger partial charge < -0.3 is 10.2 Å². The first-order valence-corrected chi connectivity index (χ1v) is 10.1. The standard InChI is InChI=1S/C19H28N2O2S/c1-15-18(23)21(19(15)24-2)14-17(22)20-13-9-4-3-6-10-16-11-7-5-8-12-16/h5,7-8,11-12,15,19H,3-4,6,9-10,13-14H2,1-2H3,(H,20,22). The average molecular weight is 349 g/mol. The van der Waals surface area contributed by atoms with Crippen LogP contribution in [0.5, 0.6) is 0 Å². The van der Waals surface area contributed by atoms with Gasteiger partial charge in [-0.05, 0) is 31.1 Å². The number of unbranched alkanes of at least 4 members (excludes halogenated alkanes) is 3.